The van der Waals surface area contributed by atoms with Crippen molar-refractivity contribution in [1.82, 2.24) is 20.0 Å². The maximum absolute atomic E-state index is 4.07. The summed E-state index contributed by atoms with van der Waals surface area (Å²) in [4.78, 5) is 1.94. The van der Waals surface area contributed by atoms with Gasteiger partial charge in [0.25, 0.3) is 0 Å². The molecule has 5 heteroatoms. The fourth-order valence-electron chi connectivity index (χ4n) is 0.957. The fourth-order valence-corrected chi connectivity index (χ4v) is 0.957. The van der Waals surface area contributed by atoms with Gasteiger partial charge in [0.15, 0.2) is 0 Å². The Labute approximate surface area is 65.8 Å². The van der Waals surface area contributed by atoms with Crippen LogP contribution in [-0.2, 0) is 0 Å². The smallest absolute Gasteiger partial charge is 0.337 e. The van der Waals surface area contributed by atoms with Crippen molar-refractivity contribution in [3.63, 3.8) is 0 Å². The Bertz CT molecular complexity index is 243. The topological polar surface area (TPSA) is 33.1 Å². The van der Waals surface area contributed by atoms with Crippen molar-refractivity contribution < 1.29 is 0 Å². The lowest BCUT2D eigenvalue weighted by Gasteiger charge is -2.13. The van der Waals surface area contributed by atoms with Crippen LogP contribution in [0.25, 0.3) is 0 Å². The molecular formula is C6H8BN4. The molecule has 0 amide bonds. The van der Waals surface area contributed by atoms with Crippen LogP contribution in [0, 0.1) is 6.54 Å². The normalized spacial score (nSPS) is 15.8. The van der Waals surface area contributed by atoms with E-state index in [1.807, 2.05) is 40.6 Å². The molecule has 1 aromatic rings. The molecule has 0 bridgehead atoms. The molecule has 1 aliphatic rings. The first-order valence-electron chi connectivity index (χ1n) is 3.45. The zero-order valence-electron chi connectivity index (χ0n) is 6.01. The molecule has 0 aromatic carbocycles. The first kappa shape index (κ1) is 6.48. The van der Waals surface area contributed by atoms with Crippen LogP contribution in [0.3, 0.4) is 0 Å². The third-order valence-electron chi connectivity index (χ3n) is 1.46. The minimum absolute atomic E-state index is 0.736. The molecule has 1 N–H and O–H groups in total. The minimum Gasteiger partial charge on any atom is -0.337 e. The van der Waals surface area contributed by atoms with E-state index in [4.69, 9.17) is 0 Å². The minimum atomic E-state index is 0.736. The van der Waals surface area contributed by atoms with E-state index in [-0.39, 0.29) is 0 Å². The number of nitrogens with zero attached hydrogens (tertiary/aromatic N) is 3. The van der Waals surface area contributed by atoms with E-state index < -0.39 is 0 Å². The zero-order chi connectivity index (χ0) is 7.52. The molecule has 0 fully saturated rings. The van der Waals surface area contributed by atoms with Crippen LogP contribution in [0.1, 0.15) is 0 Å². The summed E-state index contributed by atoms with van der Waals surface area (Å²) in [5, 5.41) is 4.07. The predicted octanol–water partition coefficient (Wildman–Crippen LogP) is -0.507. The van der Waals surface area contributed by atoms with Crippen LogP contribution >= 0.6 is 0 Å². The Kier molecular flexibility index (Phi) is 1.65. The molecule has 1 radical (unpaired) electrons. The molecule has 11 heavy (non-hydrogen) atoms. The average Bonchev–Trinajstić information content (AvgIpc) is 2.60. The van der Waals surface area contributed by atoms with E-state index in [0.717, 1.165) is 7.55 Å². The molecule has 0 saturated heterocycles. The highest BCUT2D eigenvalue weighted by Crippen LogP contribution is 1.93. The van der Waals surface area contributed by atoms with E-state index in [1.54, 1.807) is 6.20 Å². The van der Waals surface area contributed by atoms with Crippen molar-refractivity contribution in [2.24, 2.45) is 0 Å². The Hall–Kier alpha value is -1.23. The van der Waals surface area contributed by atoms with Crippen molar-refractivity contribution in [3.8, 4) is 0 Å². The second-order valence-corrected chi connectivity index (χ2v) is 2.29. The van der Waals surface area contributed by atoms with E-state index in [2.05, 4.69) is 10.5 Å². The Morgan fingerprint density at radius 2 is 2.45 bits per heavy atom. The Morgan fingerprint density at radius 1 is 1.45 bits per heavy atom. The molecule has 1 aromatic heterocycles. The number of nitrogens with one attached hydrogen (secondary N) is 1. The van der Waals surface area contributed by atoms with Gasteiger partial charge in [0.2, 0.25) is 0 Å². The van der Waals surface area contributed by atoms with Gasteiger partial charge in [-0.25, -0.2) is 5.43 Å². The van der Waals surface area contributed by atoms with E-state index in [1.165, 1.54) is 0 Å². The number of aromatic nitrogens is 2. The standard InChI is InChI=1S/C6H8BN4/c1-3-8-10(5-1)7-11-6-2-4-9-11/h1-8H. The Balaban J connectivity index is 1.95. The van der Waals surface area contributed by atoms with Gasteiger partial charge in [0.1, 0.15) is 0 Å². The van der Waals surface area contributed by atoms with Gasteiger partial charge in [0.05, 0.1) is 6.54 Å². The summed E-state index contributed by atoms with van der Waals surface area (Å²) in [6, 6.07) is 1.91. The zero-order valence-corrected chi connectivity index (χ0v) is 6.01. The third-order valence-corrected chi connectivity index (χ3v) is 1.46. The maximum atomic E-state index is 4.07. The van der Waals surface area contributed by atoms with Gasteiger partial charge in [0, 0.05) is 18.6 Å². The summed E-state index contributed by atoms with van der Waals surface area (Å²) >= 11 is 0. The summed E-state index contributed by atoms with van der Waals surface area (Å²) < 4.78 is 1.84. The van der Waals surface area contributed by atoms with Crippen LogP contribution in [0.15, 0.2) is 30.7 Å². The second-order valence-electron chi connectivity index (χ2n) is 2.29. The van der Waals surface area contributed by atoms with Gasteiger partial charge < -0.3 is 4.92 Å². The summed E-state index contributed by atoms with van der Waals surface area (Å²) in [5.41, 5.74) is 3.03. The van der Waals surface area contributed by atoms with Crippen molar-refractivity contribution in [3.05, 3.63) is 37.3 Å². The van der Waals surface area contributed by atoms with Gasteiger partial charge >= 0.3 is 7.55 Å². The molecule has 2 rings (SSSR count). The predicted molar refractivity (Wildman–Crippen MR) is 43.2 cm³/mol. The number of hydrogen-bond acceptors (Lipinski definition) is 3. The summed E-state index contributed by atoms with van der Waals surface area (Å²) in [5.74, 6) is 0. The number of hydrogen-bond donors (Lipinski definition) is 1. The summed E-state index contributed by atoms with van der Waals surface area (Å²) in [6.45, 7) is 1.88. The monoisotopic (exact) mass is 147 g/mol. The lowest BCUT2D eigenvalue weighted by atomic mass is 10.2. The number of rotatable bonds is 2. The van der Waals surface area contributed by atoms with E-state index in [9.17, 15) is 0 Å². The Morgan fingerprint density at radius 3 is 3.09 bits per heavy atom. The van der Waals surface area contributed by atoms with Crippen molar-refractivity contribution in [2.75, 3.05) is 0 Å². The van der Waals surface area contributed by atoms with Gasteiger partial charge in [-0.1, -0.05) is 0 Å². The quantitative estimate of drug-likeness (QED) is 0.572. The van der Waals surface area contributed by atoms with Gasteiger partial charge in [-0.05, 0) is 12.1 Å². The molecule has 55 valence electrons. The molecule has 0 unspecified atom stereocenters. The van der Waals surface area contributed by atoms with E-state index in [0.29, 0.717) is 0 Å². The molecule has 0 atom stereocenters. The lowest BCUT2D eigenvalue weighted by molar-refractivity contribution is 0.505. The molecule has 0 aliphatic carbocycles. The summed E-state index contributed by atoms with van der Waals surface area (Å²) in [7, 11) is 0.736. The third kappa shape index (κ3) is 1.43. The molecule has 2 heterocycles. The first-order chi connectivity index (χ1) is 5.45. The second kappa shape index (κ2) is 2.80. The van der Waals surface area contributed by atoms with Crippen LogP contribution in [0.2, 0.25) is 0 Å². The molecule has 0 saturated carbocycles. The summed E-state index contributed by atoms with van der Waals surface area (Å²) in [6.07, 6.45) is 7.60. The lowest BCUT2D eigenvalue weighted by Crippen LogP contribution is -2.35. The van der Waals surface area contributed by atoms with Crippen molar-refractivity contribution >= 4 is 7.55 Å². The highest BCUT2D eigenvalue weighted by molar-refractivity contribution is 6.29. The fraction of sp³-hybridized carbons (Fsp3) is 0. The van der Waals surface area contributed by atoms with Crippen molar-refractivity contribution in [1.29, 1.82) is 0 Å². The van der Waals surface area contributed by atoms with Gasteiger partial charge in [-0.3, -0.25) is 4.59 Å². The molecular weight excluding hydrogens is 139 g/mol. The largest absolute Gasteiger partial charge is 0.394 e. The SMILES string of the molecule is B(N1C=C[CH]N1)n1cccn1. The average molecular weight is 147 g/mol. The molecule has 4 nitrogen and oxygen atoms in total. The van der Waals surface area contributed by atoms with Gasteiger partial charge in [-0.2, -0.15) is 5.10 Å². The maximum Gasteiger partial charge on any atom is 0.394 e. The number of hydrazine groups is 1. The highest BCUT2D eigenvalue weighted by atomic mass is 15.5. The molecule has 0 spiro atoms. The molecule has 1 aliphatic heterocycles. The van der Waals surface area contributed by atoms with Crippen molar-refractivity contribution in [2.45, 2.75) is 0 Å². The first-order valence-corrected chi connectivity index (χ1v) is 3.45. The van der Waals surface area contributed by atoms with Crippen LogP contribution in [-0.4, -0.2) is 22.2 Å². The van der Waals surface area contributed by atoms with Crippen LogP contribution in [0.4, 0.5) is 0 Å². The van der Waals surface area contributed by atoms with Gasteiger partial charge in [-0.15, -0.1) is 0 Å². The van der Waals surface area contributed by atoms with E-state index >= 15 is 0 Å². The van der Waals surface area contributed by atoms with Crippen LogP contribution in [0.5, 0.6) is 0 Å². The van der Waals surface area contributed by atoms with Crippen LogP contribution < -0.4 is 5.43 Å². The highest BCUT2D eigenvalue weighted by Gasteiger charge is 2.06.